The number of imidazole rings is 1. The van der Waals surface area contributed by atoms with Crippen molar-refractivity contribution in [2.75, 3.05) is 0 Å². The van der Waals surface area contributed by atoms with Crippen LogP contribution in [-0.2, 0) is 19.3 Å². The SMILES string of the molecule is CCC(C)Cc1ccc2oc3ccc(-c4ccc5c(c4)c4ccccc4n5-c4cccc(-n5c6ccccc6c6cc(-c7ccc8oc9ccc(CCc%10ccc(-c%11nccn%11-c%11c(C)cc(C)cc%11C)cc%10)cc9c8c7)ccc65)c4)cc3c2c1. The van der Waals surface area contributed by atoms with E-state index in [1.54, 1.807) is 0 Å². The predicted molar refractivity (Wildman–Crippen MR) is 354 cm³/mol. The van der Waals surface area contributed by atoms with Gasteiger partial charge in [0.2, 0.25) is 0 Å². The smallest absolute Gasteiger partial charge is 0.144 e. The largest absolute Gasteiger partial charge is 0.456 e. The van der Waals surface area contributed by atoms with Crippen molar-refractivity contribution < 1.29 is 8.83 Å². The van der Waals surface area contributed by atoms with E-state index in [-0.39, 0.29) is 0 Å². The van der Waals surface area contributed by atoms with Crippen LogP contribution in [0.1, 0.15) is 53.6 Å². The number of hydrogen-bond donors (Lipinski definition) is 0. The fourth-order valence-electron chi connectivity index (χ4n) is 13.8. The third-order valence-corrected chi connectivity index (χ3v) is 18.1. The molecule has 1 atom stereocenters. The molecule has 0 saturated carbocycles. The van der Waals surface area contributed by atoms with Crippen molar-refractivity contribution in [3.8, 4) is 50.7 Å². The van der Waals surface area contributed by atoms with Gasteiger partial charge in [0.15, 0.2) is 0 Å². The number of furan rings is 2. The van der Waals surface area contributed by atoms with Gasteiger partial charge in [-0.15, -0.1) is 0 Å². The van der Waals surface area contributed by atoms with E-state index in [0.717, 1.165) is 91.6 Å². The Morgan fingerprint density at radius 3 is 1.41 bits per heavy atom. The first-order valence-electron chi connectivity index (χ1n) is 30.0. The molecule has 6 nitrogen and oxygen atoms in total. The van der Waals surface area contributed by atoms with Crippen LogP contribution in [-0.4, -0.2) is 18.7 Å². The average Bonchev–Trinajstić information content (AvgIpc) is 3.64. The third-order valence-electron chi connectivity index (χ3n) is 18.1. The zero-order valence-corrected chi connectivity index (χ0v) is 48.5. The van der Waals surface area contributed by atoms with Crippen LogP contribution < -0.4 is 0 Å². The number of rotatable bonds is 12. The van der Waals surface area contributed by atoms with Crippen molar-refractivity contribution in [1.82, 2.24) is 18.7 Å². The lowest BCUT2D eigenvalue weighted by Crippen LogP contribution is -2.02. The first kappa shape index (κ1) is 50.5. The Hall–Kier alpha value is -10.2. The standard InChI is InChI=1S/C79H62N4O2/c1-6-48(2)40-54-23-33-75-67(42-54)69-46-59(29-35-77(69)85-75)57-27-31-73-65(44-57)63-15-8-10-17-71(63)83(73)61-13-11-12-60(47-61)82-70-16-9-7-14-62(70)64-43-56(26-30-72(64)82)58-28-34-76-68(45-58)66-41-53(22-32-74(66)84-76)19-18-52-20-24-55(25-21-52)79-80-36-37-81(79)78-50(4)38-49(3)39-51(78)5/h7-17,20-39,41-48H,6,18-19,40H2,1-5H3. The number of aromatic nitrogens is 4. The van der Waals surface area contributed by atoms with Crippen molar-refractivity contribution in [2.45, 2.75) is 60.3 Å². The molecule has 16 aromatic rings. The molecule has 0 saturated heterocycles. The van der Waals surface area contributed by atoms with Crippen LogP contribution in [0.4, 0.5) is 0 Å². The molecule has 0 N–H and O–H groups in total. The molecule has 0 bridgehead atoms. The van der Waals surface area contributed by atoms with E-state index in [4.69, 9.17) is 13.8 Å². The number of nitrogens with zero attached hydrogens (tertiary/aromatic N) is 4. The molecule has 5 heterocycles. The Morgan fingerprint density at radius 2 is 0.847 bits per heavy atom. The second-order valence-electron chi connectivity index (χ2n) is 23.8. The maximum atomic E-state index is 6.48. The first-order chi connectivity index (χ1) is 41.7. The van der Waals surface area contributed by atoms with E-state index in [9.17, 15) is 0 Å². The molecule has 0 aliphatic rings. The summed E-state index contributed by atoms with van der Waals surface area (Å²) in [5.74, 6) is 1.59. The van der Waals surface area contributed by atoms with Gasteiger partial charge in [0.25, 0.3) is 0 Å². The molecule has 6 heteroatoms. The second-order valence-corrected chi connectivity index (χ2v) is 23.8. The van der Waals surface area contributed by atoms with Crippen molar-refractivity contribution in [3.63, 3.8) is 0 Å². The lowest BCUT2D eigenvalue weighted by Gasteiger charge is -2.15. The maximum Gasteiger partial charge on any atom is 0.144 e. The summed E-state index contributed by atoms with van der Waals surface area (Å²) in [4.78, 5) is 4.80. The fraction of sp³-hybridized carbons (Fsp3) is 0.127. The molecule has 1 unspecified atom stereocenters. The predicted octanol–water partition coefficient (Wildman–Crippen LogP) is 21.2. The van der Waals surface area contributed by atoms with Gasteiger partial charge in [0.05, 0.1) is 27.8 Å². The van der Waals surface area contributed by atoms with Crippen LogP contribution in [0.5, 0.6) is 0 Å². The topological polar surface area (TPSA) is 54.0 Å². The van der Waals surface area contributed by atoms with Crippen LogP contribution in [0.2, 0.25) is 0 Å². The van der Waals surface area contributed by atoms with Crippen molar-refractivity contribution >= 4 is 87.5 Å². The fourth-order valence-corrected chi connectivity index (χ4v) is 13.8. The highest BCUT2D eigenvalue weighted by atomic mass is 16.3. The average molecular weight is 1100 g/mol. The van der Waals surface area contributed by atoms with Gasteiger partial charge in [0.1, 0.15) is 28.2 Å². The van der Waals surface area contributed by atoms with Crippen molar-refractivity contribution in [3.05, 3.63) is 264 Å². The summed E-state index contributed by atoms with van der Waals surface area (Å²) in [6.07, 6.45) is 8.05. The van der Waals surface area contributed by atoms with Gasteiger partial charge < -0.3 is 18.0 Å². The minimum Gasteiger partial charge on any atom is -0.456 e. The van der Waals surface area contributed by atoms with Gasteiger partial charge >= 0.3 is 0 Å². The summed E-state index contributed by atoms with van der Waals surface area (Å²) in [5.41, 5.74) is 25.3. The Bertz CT molecular complexity index is 5310. The summed E-state index contributed by atoms with van der Waals surface area (Å²) < 4.78 is 19.9. The molecule has 0 fully saturated rings. The number of hydrogen-bond acceptors (Lipinski definition) is 3. The van der Waals surface area contributed by atoms with E-state index in [1.807, 2.05) is 6.20 Å². The molecule has 0 amide bonds. The summed E-state index contributed by atoms with van der Waals surface area (Å²) in [7, 11) is 0. The van der Waals surface area contributed by atoms with Gasteiger partial charge in [-0.1, -0.05) is 141 Å². The van der Waals surface area contributed by atoms with E-state index >= 15 is 0 Å². The molecule has 0 aliphatic carbocycles. The van der Waals surface area contributed by atoms with Crippen LogP contribution in [0, 0.1) is 26.7 Å². The summed E-state index contributed by atoms with van der Waals surface area (Å²) in [6.45, 7) is 11.1. The summed E-state index contributed by atoms with van der Waals surface area (Å²) >= 11 is 0. The lowest BCUT2D eigenvalue weighted by atomic mass is 9.97. The number of benzene rings is 11. The van der Waals surface area contributed by atoms with Gasteiger partial charge in [0, 0.05) is 72.4 Å². The van der Waals surface area contributed by atoms with E-state index < -0.39 is 0 Å². The Kier molecular flexibility index (Phi) is 11.9. The minimum atomic E-state index is 0.636. The second kappa shape index (κ2) is 20.0. The lowest BCUT2D eigenvalue weighted by molar-refractivity contribution is 0.560. The van der Waals surface area contributed by atoms with Gasteiger partial charge in [-0.05, 0) is 199 Å². The van der Waals surface area contributed by atoms with Gasteiger partial charge in [-0.25, -0.2) is 4.98 Å². The van der Waals surface area contributed by atoms with Gasteiger partial charge in [-0.2, -0.15) is 0 Å². The highest BCUT2D eigenvalue weighted by Crippen LogP contribution is 2.41. The normalized spacial score (nSPS) is 12.4. The number of para-hydroxylation sites is 2. The highest BCUT2D eigenvalue weighted by Gasteiger charge is 2.20. The van der Waals surface area contributed by atoms with Crippen molar-refractivity contribution in [2.24, 2.45) is 5.92 Å². The van der Waals surface area contributed by atoms with Crippen LogP contribution in [0.15, 0.2) is 240 Å². The molecule has 410 valence electrons. The van der Waals surface area contributed by atoms with Crippen molar-refractivity contribution in [1.29, 1.82) is 0 Å². The minimum absolute atomic E-state index is 0.636. The van der Waals surface area contributed by atoms with Gasteiger partial charge in [-0.3, -0.25) is 4.57 Å². The number of fused-ring (bicyclic) bond motifs is 12. The molecule has 16 rings (SSSR count). The first-order valence-corrected chi connectivity index (χ1v) is 30.0. The molecule has 5 aromatic heterocycles. The molecular formula is C79H62N4O2. The Labute approximate surface area is 493 Å². The maximum absolute atomic E-state index is 6.48. The van der Waals surface area contributed by atoms with Crippen LogP contribution in [0.25, 0.3) is 138 Å². The molecule has 11 aromatic carbocycles. The van der Waals surface area contributed by atoms with Crippen LogP contribution in [0.3, 0.4) is 0 Å². The summed E-state index contributed by atoms with van der Waals surface area (Å²) in [5, 5.41) is 9.50. The van der Waals surface area contributed by atoms with Crippen LogP contribution >= 0.6 is 0 Å². The van der Waals surface area contributed by atoms with E-state index in [2.05, 4.69) is 273 Å². The molecule has 0 spiro atoms. The number of aryl methyl sites for hydroxylation is 5. The van der Waals surface area contributed by atoms with E-state index in [1.165, 1.54) is 106 Å². The molecule has 85 heavy (non-hydrogen) atoms. The highest BCUT2D eigenvalue weighted by molar-refractivity contribution is 6.13. The quantitative estimate of drug-likeness (QED) is 0.122. The Morgan fingerprint density at radius 1 is 0.400 bits per heavy atom. The zero-order valence-electron chi connectivity index (χ0n) is 48.5. The molecular weight excluding hydrogens is 1040 g/mol. The third kappa shape index (κ3) is 8.57. The summed E-state index contributed by atoms with van der Waals surface area (Å²) in [6, 6.07) is 80.7. The van der Waals surface area contributed by atoms with E-state index in [0.29, 0.717) is 5.92 Å². The molecule has 0 radical (unpaired) electrons. The Balaban J connectivity index is 0.699. The molecule has 0 aliphatic heterocycles. The zero-order chi connectivity index (χ0) is 57.0. The monoisotopic (exact) mass is 1100 g/mol.